The molecule has 0 unspecified atom stereocenters. The van der Waals surface area contributed by atoms with E-state index >= 15 is 0 Å². The molecule has 0 saturated carbocycles. The van der Waals surface area contributed by atoms with Crippen LogP contribution in [0.2, 0.25) is 0 Å². The normalized spacial score (nSPS) is 11.6. The Balaban J connectivity index is 1.22. The number of rotatable bonds is 6. The van der Waals surface area contributed by atoms with Crippen molar-refractivity contribution in [3.8, 4) is 33.4 Å². The molecule has 11 rings (SSSR count). The predicted octanol–water partition coefficient (Wildman–Crippen LogP) is 15.6. The second-order valence-electron chi connectivity index (χ2n) is 14.0. The first-order chi connectivity index (χ1) is 27.3. The van der Waals surface area contributed by atoms with E-state index < -0.39 is 0 Å². The fourth-order valence-electron chi connectivity index (χ4n) is 8.46. The molecule has 0 spiro atoms. The molecule has 9 aromatic carbocycles. The zero-order valence-corrected chi connectivity index (χ0v) is 30.6. The number of fused-ring (bicyclic) bond motifs is 7. The smallest absolute Gasteiger partial charge is 0.135 e. The Labute approximate surface area is 322 Å². The molecule has 0 aliphatic heterocycles. The van der Waals surface area contributed by atoms with Crippen molar-refractivity contribution in [3.63, 3.8) is 0 Å². The van der Waals surface area contributed by atoms with Crippen molar-refractivity contribution in [2.24, 2.45) is 0 Å². The number of hydrogen-bond donors (Lipinski definition) is 0. The summed E-state index contributed by atoms with van der Waals surface area (Å²) in [6.45, 7) is 0. The highest BCUT2D eigenvalue weighted by Crippen LogP contribution is 2.50. The second kappa shape index (κ2) is 12.9. The number of anilines is 3. The maximum absolute atomic E-state index is 6.27. The number of benzene rings is 9. The fraction of sp³-hybridized carbons (Fsp3) is 0. The van der Waals surface area contributed by atoms with Gasteiger partial charge in [-0.2, -0.15) is 0 Å². The summed E-state index contributed by atoms with van der Waals surface area (Å²) in [5, 5.41) is 7.22. The van der Waals surface area contributed by atoms with Gasteiger partial charge in [-0.15, -0.1) is 11.3 Å². The molecule has 0 N–H and O–H groups in total. The van der Waals surface area contributed by atoms with Crippen molar-refractivity contribution < 1.29 is 4.42 Å². The minimum atomic E-state index is 0.893. The van der Waals surface area contributed by atoms with Crippen LogP contribution in [0.1, 0.15) is 0 Å². The van der Waals surface area contributed by atoms with E-state index in [-0.39, 0.29) is 0 Å². The van der Waals surface area contributed by atoms with Crippen LogP contribution in [-0.2, 0) is 0 Å². The summed E-state index contributed by atoms with van der Waals surface area (Å²) in [6.07, 6.45) is 0. The van der Waals surface area contributed by atoms with E-state index in [4.69, 9.17) is 4.42 Å². The number of para-hydroxylation sites is 3. The summed E-state index contributed by atoms with van der Waals surface area (Å²) in [4.78, 5) is 2.51. The van der Waals surface area contributed by atoms with Gasteiger partial charge in [0.15, 0.2) is 0 Å². The van der Waals surface area contributed by atoms with Crippen LogP contribution in [0.5, 0.6) is 0 Å². The lowest BCUT2D eigenvalue weighted by atomic mass is 9.90. The van der Waals surface area contributed by atoms with Gasteiger partial charge in [-0.05, 0) is 81.6 Å². The highest BCUT2D eigenvalue weighted by atomic mass is 32.1. The lowest BCUT2D eigenvalue weighted by Gasteiger charge is -2.31. The molecule has 0 fully saturated rings. The Morgan fingerprint density at radius 1 is 0.345 bits per heavy atom. The van der Waals surface area contributed by atoms with Gasteiger partial charge in [-0.1, -0.05) is 152 Å². The molecule has 11 aromatic rings. The van der Waals surface area contributed by atoms with E-state index in [1.807, 2.05) is 23.5 Å². The van der Waals surface area contributed by atoms with E-state index in [1.165, 1.54) is 53.2 Å². The lowest BCUT2D eigenvalue weighted by molar-refractivity contribution is 0.669. The standard InChI is InChI=1S/C52H33NOS/c1-2-15-34(16-3-1)38-23-12-17-35-18-13-24-41(51(35)38)39-20-5-9-26-45(39)53(46-27-14-30-50-52(46)42-22-7-11-29-49(42)55-50)44-25-8-4-19-37(44)36-31-32-48-43(33-36)40-21-6-10-28-47(40)54-48/h1-33H. The van der Waals surface area contributed by atoms with Gasteiger partial charge in [-0.3, -0.25) is 0 Å². The van der Waals surface area contributed by atoms with Crippen LogP contribution in [0, 0.1) is 0 Å². The zero-order chi connectivity index (χ0) is 36.3. The maximum atomic E-state index is 6.27. The number of furan rings is 1. The van der Waals surface area contributed by atoms with Crippen LogP contribution < -0.4 is 4.90 Å². The zero-order valence-electron chi connectivity index (χ0n) is 29.8. The molecule has 55 heavy (non-hydrogen) atoms. The Morgan fingerprint density at radius 3 is 1.80 bits per heavy atom. The largest absolute Gasteiger partial charge is 0.456 e. The van der Waals surface area contributed by atoms with Crippen molar-refractivity contribution in [1.82, 2.24) is 0 Å². The average molecular weight is 720 g/mol. The molecule has 0 aliphatic rings. The summed E-state index contributed by atoms with van der Waals surface area (Å²) < 4.78 is 8.82. The Hall–Kier alpha value is -6.94. The fourth-order valence-corrected chi connectivity index (χ4v) is 9.58. The third-order valence-electron chi connectivity index (χ3n) is 10.9. The first-order valence-electron chi connectivity index (χ1n) is 18.7. The molecule has 0 bridgehead atoms. The molecule has 258 valence electrons. The van der Waals surface area contributed by atoms with Crippen molar-refractivity contribution in [2.75, 3.05) is 4.90 Å². The number of nitrogens with zero attached hydrogens (tertiary/aromatic N) is 1. The summed E-state index contributed by atoms with van der Waals surface area (Å²) >= 11 is 1.85. The third kappa shape index (κ3) is 5.16. The van der Waals surface area contributed by atoms with E-state index in [9.17, 15) is 0 Å². The Kier molecular flexibility index (Phi) is 7.39. The van der Waals surface area contributed by atoms with Crippen molar-refractivity contribution in [2.45, 2.75) is 0 Å². The van der Waals surface area contributed by atoms with Crippen LogP contribution in [-0.4, -0.2) is 0 Å². The SMILES string of the molecule is c1ccc(-c2cccc3cccc(-c4ccccc4N(c4ccccc4-c4ccc5oc6ccccc6c5c4)c4cccc5sc6ccccc6c45)c23)cc1. The van der Waals surface area contributed by atoms with Gasteiger partial charge < -0.3 is 9.32 Å². The summed E-state index contributed by atoms with van der Waals surface area (Å²) in [6, 6.07) is 72.4. The first-order valence-corrected chi connectivity index (χ1v) is 19.5. The Morgan fingerprint density at radius 2 is 0.945 bits per heavy atom. The lowest BCUT2D eigenvalue weighted by Crippen LogP contribution is -2.13. The highest BCUT2D eigenvalue weighted by Gasteiger charge is 2.25. The molecule has 0 aliphatic carbocycles. The van der Waals surface area contributed by atoms with Crippen LogP contribution in [0.25, 0.3) is 86.3 Å². The quantitative estimate of drug-likeness (QED) is 0.170. The molecule has 0 amide bonds. The van der Waals surface area contributed by atoms with E-state index in [2.05, 4.69) is 193 Å². The van der Waals surface area contributed by atoms with Crippen LogP contribution in [0.3, 0.4) is 0 Å². The van der Waals surface area contributed by atoms with Gasteiger partial charge in [0.05, 0.1) is 17.1 Å². The van der Waals surface area contributed by atoms with Crippen molar-refractivity contribution in [3.05, 3.63) is 200 Å². The first kappa shape index (κ1) is 31.6. The van der Waals surface area contributed by atoms with Gasteiger partial charge in [0, 0.05) is 42.1 Å². The summed E-state index contributed by atoms with van der Waals surface area (Å²) in [7, 11) is 0. The maximum Gasteiger partial charge on any atom is 0.135 e. The predicted molar refractivity (Wildman–Crippen MR) is 235 cm³/mol. The third-order valence-corrected chi connectivity index (χ3v) is 12.0. The van der Waals surface area contributed by atoms with E-state index in [0.29, 0.717) is 0 Å². The summed E-state index contributed by atoms with van der Waals surface area (Å²) in [5.74, 6) is 0. The van der Waals surface area contributed by atoms with E-state index in [1.54, 1.807) is 0 Å². The van der Waals surface area contributed by atoms with Crippen molar-refractivity contribution >= 4 is 81.3 Å². The second-order valence-corrected chi connectivity index (χ2v) is 15.1. The van der Waals surface area contributed by atoms with Crippen molar-refractivity contribution in [1.29, 1.82) is 0 Å². The van der Waals surface area contributed by atoms with Crippen LogP contribution >= 0.6 is 11.3 Å². The average Bonchev–Trinajstić information content (AvgIpc) is 3.83. The van der Waals surface area contributed by atoms with Gasteiger partial charge in [-0.25, -0.2) is 0 Å². The van der Waals surface area contributed by atoms with Gasteiger partial charge >= 0.3 is 0 Å². The molecule has 0 atom stereocenters. The summed E-state index contributed by atoms with van der Waals surface area (Å²) in [5.41, 5.74) is 12.2. The molecular weight excluding hydrogens is 687 g/mol. The monoisotopic (exact) mass is 719 g/mol. The molecule has 2 aromatic heterocycles. The van der Waals surface area contributed by atoms with Gasteiger partial charge in [0.1, 0.15) is 11.2 Å². The molecule has 3 heteroatoms. The highest BCUT2D eigenvalue weighted by molar-refractivity contribution is 7.26. The minimum Gasteiger partial charge on any atom is -0.456 e. The Bertz CT molecular complexity index is 3220. The molecule has 2 heterocycles. The number of thiophene rings is 1. The van der Waals surface area contributed by atoms with Gasteiger partial charge in [0.25, 0.3) is 0 Å². The van der Waals surface area contributed by atoms with Crippen LogP contribution in [0.15, 0.2) is 205 Å². The van der Waals surface area contributed by atoms with E-state index in [0.717, 1.165) is 50.1 Å². The topological polar surface area (TPSA) is 16.4 Å². The molecular formula is C52H33NOS. The van der Waals surface area contributed by atoms with Crippen LogP contribution in [0.4, 0.5) is 17.1 Å². The molecule has 2 nitrogen and oxygen atoms in total. The minimum absolute atomic E-state index is 0.893. The number of hydrogen-bond acceptors (Lipinski definition) is 3. The van der Waals surface area contributed by atoms with Gasteiger partial charge in [0.2, 0.25) is 0 Å². The molecule has 0 radical (unpaired) electrons. The molecule has 0 saturated heterocycles.